The summed E-state index contributed by atoms with van der Waals surface area (Å²) in [6, 6.07) is 9.12. The van der Waals surface area contributed by atoms with Crippen molar-refractivity contribution in [2.24, 2.45) is 14.1 Å². The molecule has 4 rings (SSSR count). The molecular formula is C23H20BrF2N7O3. The molecule has 0 aliphatic rings. The van der Waals surface area contributed by atoms with E-state index in [-0.39, 0.29) is 0 Å². The highest BCUT2D eigenvalue weighted by molar-refractivity contribution is 9.10. The topological polar surface area (TPSA) is 136 Å². The second-order valence-corrected chi connectivity index (χ2v) is 8.65. The van der Waals surface area contributed by atoms with Crippen molar-refractivity contribution in [2.45, 2.75) is 19.4 Å². The maximum absolute atomic E-state index is 13.6. The third-order valence-electron chi connectivity index (χ3n) is 5.00. The average molecular weight is 560 g/mol. The molecule has 36 heavy (non-hydrogen) atoms. The molecular weight excluding hydrogens is 540 g/mol. The van der Waals surface area contributed by atoms with E-state index in [4.69, 9.17) is 5.26 Å². The molecule has 0 fully saturated rings. The maximum atomic E-state index is 13.6. The number of benzene rings is 1. The first-order valence-electron chi connectivity index (χ1n) is 10.4. The van der Waals surface area contributed by atoms with Crippen LogP contribution in [0, 0.1) is 33.1 Å². The Kier molecular flexibility index (Phi) is 8.23. The summed E-state index contributed by atoms with van der Waals surface area (Å²) in [4.78, 5) is 12.4. The summed E-state index contributed by atoms with van der Waals surface area (Å²) in [6.45, 7) is 1.60. The van der Waals surface area contributed by atoms with Gasteiger partial charge in [-0.3, -0.25) is 9.36 Å². The molecule has 3 heterocycles. The lowest BCUT2D eigenvalue weighted by atomic mass is 9.97. The van der Waals surface area contributed by atoms with Crippen molar-refractivity contribution in [1.82, 2.24) is 24.5 Å². The third kappa shape index (κ3) is 6.15. The standard InChI is InChI=1S/C18H18FN5O.C5H2BrFN2O2/c1-11(25)17-7-13(19)4-5-16(17)18-12(10-23(2)22-18)6-14-8-15(9-20)24(3)21-14;6-3-1-4(7)5(8-2-3)9(10)11/h4-5,7-8,10-11,25H,6H2,1-3H3;1-2H/t11-;/m1./s1. The Labute approximate surface area is 212 Å². The Morgan fingerprint density at radius 1 is 1.25 bits per heavy atom. The third-order valence-corrected chi connectivity index (χ3v) is 5.43. The van der Waals surface area contributed by atoms with E-state index < -0.39 is 28.5 Å². The number of halogens is 3. The molecule has 1 atom stereocenters. The summed E-state index contributed by atoms with van der Waals surface area (Å²) < 4.78 is 29.7. The Morgan fingerprint density at radius 3 is 2.56 bits per heavy atom. The Morgan fingerprint density at radius 2 is 1.97 bits per heavy atom. The number of nitrogens with zero attached hydrogens (tertiary/aromatic N) is 7. The lowest BCUT2D eigenvalue weighted by Gasteiger charge is -2.11. The quantitative estimate of drug-likeness (QED) is 0.283. The Bertz CT molecular complexity index is 1460. The zero-order valence-electron chi connectivity index (χ0n) is 19.4. The fourth-order valence-corrected chi connectivity index (χ4v) is 3.75. The van der Waals surface area contributed by atoms with Gasteiger partial charge in [0.2, 0.25) is 5.82 Å². The largest absolute Gasteiger partial charge is 0.399 e. The van der Waals surface area contributed by atoms with Gasteiger partial charge in [-0.1, -0.05) is 0 Å². The fraction of sp³-hybridized carbons (Fsp3) is 0.217. The van der Waals surface area contributed by atoms with E-state index in [0.29, 0.717) is 33.4 Å². The van der Waals surface area contributed by atoms with E-state index >= 15 is 0 Å². The van der Waals surface area contributed by atoms with Crippen LogP contribution in [0.1, 0.15) is 35.5 Å². The van der Waals surface area contributed by atoms with Crippen LogP contribution in [0.4, 0.5) is 14.6 Å². The molecule has 0 unspecified atom stereocenters. The van der Waals surface area contributed by atoms with E-state index in [9.17, 15) is 24.0 Å². The van der Waals surface area contributed by atoms with Gasteiger partial charge in [0.1, 0.15) is 17.6 Å². The molecule has 0 bridgehead atoms. The zero-order chi connectivity index (χ0) is 26.6. The number of aromatic nitrogens is 5. The average Bonchev–Trinajstić information content (AvgIpc) is 3.34. The molecule has 186 valence electrons. The molecule has 4 aromatic rings. The number of hydrogen-bond acceptors (Lipinski definition) is 7. The van der Waals surface area contributed by atoms with Gasteiger partial charge in [0.15, 0.2) is 6.20 Å². The van der Waals surface area contributed by atoms with E-state index in [1.54, 1.807) is 37.8 Å². The maximum Gasteiger partial charge on any atom is 0.399 e. The van der Waals surface area contributed by atoms with Crippen molar-refractivity contribution >= 4 is 21.7 Å². The van der Waals surface area contributed by atoms with E-state index in [1.165, 1.54) is 23.0 Å². The van der Waals surface area contributed by atoms with Crippen LogP contribution < -0.4 is 0 Å². The number of rotatable bonds is 5. The molecule has 0 radical (unpaired) electrons. The van der Waals surface area contributed by atoms with Crippen LogP contribution in [-0.4, -0.2) is 34.6 Å². The smallest absolute Gasteiger partial charge is 0.389 e. The van der Waals surface area contributed by atoms with Gasteiger partial charge in [-0.2, -0.15) is 19.8 Å². The molecule has 0 aliphatic heterocycles. The molecule has 0 aliphatic carbocycles. The van der Waals surface area contributed by atoms with Gasteiger partial charge in [0.05, 0.1) is 22.0 Å². The van der Waals surface area contributed by atoms with Gasteiger partial charge < -0.3 is 15.2 Å². The number of nitro groups is 1. The van der Waals surface area contributed by atoms with E-state index in [0.717, 1.165) is 17.3 Å². The summed E-state index contributed by atoms with van der Waals surface area (Å²) in [6.07, 6.45) is 2.70. The summed E-state index contributed by atoms with van der Waals surface area (Å²) >= 11 is 2.92. The van der Waals surface area contributed by atoms with Crippen LogP contribution in [0.25, 0.3) is 11.3 Å². The first kappa shape index (κ1) is 26.6. The number of hydrogen-bond donors (Lipinski definition) is 1. The predicted octanol–water partition coefficient (Wildman–Crippen LogP) is 4.37. The first-order valence-corrected chi connectivity index (χ1v) is 11.2. The van der Waals surface area contributed by atoms with Crippen LogP contribution >= 0.6 is 15.9 Å². The molecule has 10 nitrogen and oxygen atoms in total. The molecule has 13 heteroatoms. The van der Waals surface area contributed by atoms with Crippen LogP contribution in [0.15, 0.2) is 47.2 Å². The molecule has 3 aromatic heterocycles. The predicted molar refractivity (Wildman–Crippen MR) is 129 cm³/mol. The van der Waals surface area contributed by atoms with E-state index in [1.807, 2.05) is 6.20 Å². The molecule has 1 N–H and O–H groups in total. The monoisotopic (exact) mass is 559 g/mol. The molecule has 0 saturated heterocycles. The highest BCUT2D eigenvalue weighted by Crippen LogP contribution is 2.31. The summed E-state index contributed by atoms with van der Waals surface area (Å²) in [7, 11) is 3.52. The van der Waals surface area contributed by atoms with Gasteiger partial charge in [0, 0.05) is 43.9 Å². The van der Waals surface area contributed by atoms with Gasteiger partial charge in [-0.25, -0.2) is 4.39 Å². The highest BCUT2D eigenvalue weighted by atomic mass is 79.9. The van der Waals surface area contributed by atoms with Crippen LogP contribution in [0.3, 0.4) is 0 Å². The lowest BCUT2D eigenvalue weighted by molar-refractivity contribution is -0.392. The molecule has 0 saturated carbocycles. The SMILES string of the molecule is C[C@@H](O)c1cc(F)ccc1-c1nn(C)cc1Cc1cc(C#N)n(C)n1.O=[N+]([O-])c1ncc(Br)cc1F. The van der Waals surface area contributed by atoms with Crippen molar-refractivity contribution in [2.75, 3.05) is 0 Å². The lowest BCUT2D eigenvalue weighted by Crippen LogP contribution is -1.99. The Balaban J connectivity index is 0.000000275. The van der Waals surface area contributed by atoms with Gasteiger partial charge in [0.25, 0.3) is 0 Å². The summed E-state index contributed by atoms with van der Waals surface area (Å²) in [5.74, 6) is -2.10. The number of nitriles is 1. The van der Waals surface area contributed by atoms with Gasteiger partial charge >= 0.3 is 5.82 Å². The summed E-state index contributed by atoms with van der Waals surface area (Å²) in [5, 5.41) is 37.9. The van der Waals surface area contributed by atoms with Crippen LogP contribution in [0.5, 0.6) is 0 Å². The molecule has 0 spiro atoms. The van der Waals surface area contributed by atoms with E-state index in [2.05, 4.69) is 37.2 Å². The van der Waals surface area contributed by atoms with Crippen molar-refractivity contribution in [1.29, 1.82) is 5.26 Å². The highest BCUT2D eigenvalue weighted by Gasteiger charge is 2.19. The second-order valence-electron chi connectivity index (χ2n) is 7.73. The van der Waals surface area contributed by atoms with Crippen molar-refractivity contribution in [3.05, 3.63) is 91.5 Å². The minimum atomic E-state index is -0.940. The number of aryl methyl sites for hydroxylation is 2. The number of aliphatic hydroxyl groups is 1. The van der Waals surface area contributed by atoms with Crippen molar-refractivity contribution in [3.8, 4) is 17.3 Å². The number of aliphatic hydroxyl groups excluding tert-OH is 1. The fourth-order valence-electron chi connectivity index (χ4n) is 3.44. The minimum Gasteiger partial charge on any atom is -0.389 e. The Hall–Kier alpha value is -4.02. The van der Waals surface area contributed by atoms with Crippen molar-refractivity contribution in [3.63, 3.8) is 0 Å². The number of pyridine rings is 1. The second kappa shape index (κ2) is 11.1. The molecule has 0 amide bonds. The summed E-state index contributed by atoms with van der Waals surface area (Å²) in [5.41, 5.74) is 3.95. The van der Waals surface area contributed by atoms with Crippen molar-refractivity contribution < 1.29 is 18.8 Å². The molecule has 1 aromatic carbocycles. The van der Waals surface area contributed by atoms with Gasteiger partial charge in [-0.05, 0) is 62.6 Å². The van der Waals surface area contributed by atoms with Crippen LogP contribution in [-0.2, 0) is 20.5 Å². The minimum absolute atomic E-state index is 0.376. The zero-order valence-corrected chi connectivity index (χ0v) is 20.9. The van der Waals surface area contributed by atoms with Gasteiger partial charge in [-0.15, -0.1) is 0 Å². The first-order chi connectivity index (χ1) is 17.0. The van der Waals surface area contributed by atoms with Crippen LogP contribution in [0.2, 0.25) is 0 Å². The normalized spacial score (nSPS) is 11.4.